The molecule has 0 aromatic rings. The predicted molar refractivity (Wildman–Crippen MR) is 71.2 cm³/mol. The molecule has 0 heterocycles. The molecular formula is C13H28N2O3. The molecule has 3 unspecified atom stereocenters. The zero-order valence-corrected chi connectivity index (χ0v) is 11.6. The van der Waals surface area contributed by atoms with Gasteiger partial charge in [0, 0.05) is 45.9 Å². The van der Waals surface area contributed by atoms with Crippen molar-refractivity contribution in [2.24, 2.45) is 11.7 Å². The fourth-order valence-electron chi connectivity index (χ4n) is 2.70. The Morgan fingerprint density at radius 3 is 2.50 bits per heavy atom. The number of hydrogen-bond acceptors (Lipinski definition) is 5. The molecule has 18 heavy (non-hydrogen) atoms. The number of aliphatic hydroxyl groups is 1. The summed E-state index contributed by atoms with van der Waals surface area (Å²) >= 11 is 0. The van der Waals surface area contributed by atoms with Crippen LogP contribution in [-0.2, 0) is 9.47 Å². The fraction of sp³-hybridized carbons (Fsp3) is 1.00. The monoisotopic (exact) mass is 260 g/mol. The maximum absolute atomic E-state index is 9.40. The molecule has 1 saturated carbocycles. The minimum Gasteiger partial charge on any atom is -0.396 e. The Bertz CT molecular complexity index is 212. The van der Waals surface area contributed by atoms with Crippen LogP contribution in [0, 0.1) is 5.92 Å². The number of nitrogens with two attached hydrogens (primary N) is 1. The summed E-state index contributed by atoms with van der Waals surface area (Å²) in [6.07, 6.45) is 5.18. The molecule has 1 aliphatic carbocycles. The molecule has 5 nitrogen and oxygen atoms in total. The van der Waals surface area contributed by atoms with Crippen LogP contribution >= 0.6 is 0 Å². The van der Waals surface area contributed by atoms with Crippen molar-refractivity contribution in [3.05, 3.63) is 0 Å². The van der Waals surface area contributed by atoms with Crippen LogP contribution in [0.4, 0.5) is 0 Å². The van der Waals surface area contributed by atoms with Gasteiger partial charge in [-0.25, -0.2) is 0 Å². The minimum atomic E-state index is -0.220. The summed E-state index contributed by atoms with van der Waals surface area (Å²) < 4.78 is 10.4. The Hall–Kier alpha value is -0.200. The Balaban J connectivity index is 2.44. The zero-order valence-electron chi connectivity index (χ0n) is 11.6. The highest BCUT2D eigenvalue weighted by molar-refractivity contribution is 4.84. The average Bonchev–Trinajstić information content (AvgIpc) is 2.43. The summed E-state index contributed by atoms with van der Waals surface area (Å²) in [6, 6.07) is 0.540. The molecule has 0 amide bonds. The molecule has 0 saturated heterocycles. The van der Waals surface area contributed by atoms with E-state index in [1.807, 2.05) is 0 Å². The van der Waals surface area contributed by atoms with E-state index in [4.69, 9.17) is 15.2 Å². The molecule has 0 aromatic heterocycles. The van der Waals surface area contributed by atoms with Crippen LogP contribution in [0.25, 0.3) is 0 Å². The lowest BCUT2D eigenvalue weighted by Gasteiger charge is -2.34. The van der Waals surface area contributed by atoms with E-state index in [0.29, 0.717) is 18.5 Å². The van der Waals surface area contributed by atoms with Gasteiger partial charge in [0.15, 0.2) is 6.29 Å². The maximum atomic E-state index is 9.40. The third-order valence-corrected chi connectivity index (χ3v) is 3.88. The van der Waals surface area contributed by atoms with Gasteiger partial charge in [-0.1, -0.05) is 12.8 Å². The normalized spacial score (nSPS) is 26.5. The summed E-state index contributed by atoms with van der Waals surface area (Å²) in [5.74, 6) is 0.358. The molecule has 0 aromatic carbocycles. The molecule has 108 valence electrons. The number of ether oxygens (including phenoxy) is 2. The van der Waals surface area contributed by atoms with Gasteiger partial charge >= 0.3 is 0 Å². The van der Waals surface area contributed by atoms with Crippen molar-refractivity contribution in [1.82, 2.24) is 5.32 Å². The number of nitrogens with one attached hydrogen (secondary N) is 1. The molecule has 1 fully saturated rings. The first-order chi connectivity index (χ1) is 8.74. The van der Waals surface area contributed by atoms with Crippen molar-refractivity contribution in [1.29, 1.82) is 0 Å². The molecule has 0 aliphatic heterocycles. The quantitative estimate of drug-likeness (QED) is 0.553. The van der Waals surface area contributed by atoms with Gasteiger partial charge in [-0.05, 0) is 18.8 Å². The number of methoxy groups -OCH3 is 2. The highest BCUT2D eigenvalue weighted by atomic mass is 16.7. The second kappa shape index (κ2) is 8.82. The molecule has 0 bridgehead atoms. The van der Waals surface area contributed by atoms with Crippen LogP contribution in [0.3, 0.4) is 0 Å². The van der Waals surface area contributed by atoms with E-state index in [1.54, 1.807) is 14.2 Å². The van der Waals surface area contributed by atoms with Crippen LogP contribution in [0.5, 0.6) is 0 Å². The van der Waals surface area contributed by atoms with E-state index in [-0.39, 0.29) is 18.9 Å². The van der Waals surface area contributed by atoms with E-state index in [0.717, 1.165) is 19.3 Å². The summed E-state index contributed by atoms with van der Waals surface area (Å²) in [5.41, 5.74) is 5.80. The molecular weight excluding hydrogens is 232 g/mol. The molecule has 1 rings (SSSR count). The van der Waals surface area contributed by atoms with E-state index in [2.05, 4.69) is 5.32 Å². The van der Waals surface area contributed by atoms with Crippen molar-refractivity contribution in [3.63, 3.8) is 0 Å². The molecule has 5 heteroatoms. The highest BCUT2D eigenvalue weighted by Crippen LogP contribution is 2.24. The summed E-state index contributed by atoms with van der Waals surface area (Å²) in [4.78, 5) is 0. The maximum Gasteiger partial charge on any atom is 0.158 e. The standard InChI is InChI=1S/C13H28N2O3/c1-17-13(18-2)7-11(8-14)15-12-6-4-3-5-10(12)9-16/h10-13,15-16H,3-9,14H2,1-2H3. The van der Waals surface area contributed by atoms with Gasteiger partial charge in [-0.2, -0.15) is 0 Å². The van der Waals surface area contributed by atoms with Gasteiger partial charge in [0.05, 0.1) is 0 Å². The van der Waals surface area contributed by atoms with Crippen molar-refractivity contribution in [3.8, 4) is 0 Å². The SMILES string of the molecule is COC(CC(CN)NC1CCCCC1CO)OC. The van der Waals surface area contributed by atoms with Gasteiger partial charge in [0.2, 0.25) is 0 Å². The highest BCUT2D eigenvalue weighted by Gasteiger charge is 2.27. The fourth-order valence-corrected chi connectivity index (χ4v) is 2.70. The van der Waals surface area contributed by atoms with Gasteiger partial charge < -0.3 is 25.6 Å². The Morgan fingerprint density at radius 1 is 1.28 bits per heavy atom. The van der Waals surface area contributed by atoms with Crippen LogP contribution in [0.15, 0.2) is 0 Å². The number of rotatable bonds is 8. The van der Waals surface area contributed by atoms with E-state index >= 15 is 0 Å². The van der Waals surface area contributed by atoms with Gasteiger partial charge in [-0.3, -0.25) is 0 Å². The van der Waals surface area contributed by atoms with E-state index in [1.165, 1.54) is 12.8 Å². The van der Waals surface area contributed by atoms with Gasteiger partial charge in [-0.15, -0.1) is 0 Å². The molecule has 0 spiro atoms. The largest absolute Gasteiger partial charge is 0.396 e. The Kier molecular flexibility index (Phi) is 7.77. The van der Waals surface area contributed by atoms with E-state index in [9.17, 15) is 5.11 Å². The lowest BCUT2D eigenvalue weighted by atomic mass is 9.84. The van der Waals surface area contributed by atoms with Crippen molar-refractivity contribution in [2.45, 2.75) is 50.5 Å². The zero-order chi connectivity index (χ0) is 13.4. The average molecular weight is 260 g/mol. The van der Waals surface area contributed by atoms with Crippen LogP contribution in [0.2, 0.25) is 0 Å². The predicted octanol–water partition coefficient (Wildman–Crippen LogP) is 0.463. The smallest absolute Gasteiger partial charge is 0.158 e. The Morgan fingerprint density at radius 2 is 1.94 bits per heavy atom. The topological polar surface area (TPSA) is 76.7 Å². The molecule has 0 radical (unpaired) electrons. The molecule has 4 N–H and O–H groups in total. The Labute approximate surface area is 110 Å². The first-order valence-electron chi connectivity index (χ1n) is 6.87. The van der Waals surface area contributed by atoms with Crippen molar-refractivity contribution >= 4 is 0 Å². The number of aliphatic hydroxyl groups excluding tert-OH is 1. The second-order valence-corrected chi connectivity index (χ2v) is 5.07. The number of hydrogen-bond donors (Lipinski definition) is 3. The first-order valence-corrected chi connectivity index (χ1v) is 6.87. The van der Waals surface area contributed by atoms with Crippen LogP contribution in [0.1, 0.15) is 32.1 Å². The van der Waals surface area contributed by atoms with Crippen molar-refractivity contribution in [2.75, 3.05) is 27.4 Å². The first kappa shape index (κ1) is 15.9. The summed E-state index contributed by atoms with van der Waals surface area (Å²) in [7, 11) is 3.28. The second-order valence-electron chi connectivity index (χ2n) is 5.07. The van der Waals surface area contributed by atoms with Crippen molar-refractivity contribution < 1.29 is 14.6 Å². The van der Waals surface area contributed by atoms with Gasteiger partial charge in [0.25, 0.3) is 0 Å². The lowest BCUT2D eigenvalue weighted by Crippen LogP contribution is -2.49. The third-order valence-electron chi connectivity index (χ3n) is 3.88. The molecule has 1 aliphatic rings. The van der Waals surface area contributed by atoms with Crippen LogP contribution < -0.4 is 11.1 Å². The van der Waals surface area contributed by atoms with Crippen LogP contribution in [-0.4, -0.2) is 50.9 Å². The summed E-state index contributed by atoms with van der Waals surface area (Å²) in [6.45, 7) is 0.810. The lowest BCUT2D eigenvalue weighted by molar-refractivity contribution is -0.111. The van der Waals surface area contributed by atoms with E-state index < -0.39 is 0 Å². The third kappa shape index (κ3) is 4.82. The minimum absolute atomic E-state index is 0.173. The summed E-state index contributed by atoms with van der Waals surface area (Å²) in [5, 5.41) is 13.0. The van der Waals surface area contributed by atoms with Gasteiger partial charge in [0.1, 0.15) is 0 Å². The molecule has 3 atom stereocenters.